The number of benzene rings is 2. The molecule has 186 valence electrons. The Labute approximate surface area is 216 Å². The lowest BCUT2D eigenvalue weighted by Crippen LogP contribution is -2.27. The number of nitrogens with zero attached hydrogens (tertiary/aromatic N) is 4. The minimum absolute atomic E-state index is 0.00972. The van der Waals surface area contributed by atoms with Gasteiger partial charge in [-0.1, -0.05) is 30.3 Å². The number of rotatable bonds is 4. The first-order valence-corrected chi connectivity index (χ1v) is 13.3. The van der Waals surface area contributed by atoms with E-state index in [0.29, 0.717) is 5.95 Å². The molecule has 1 unspecified atom stereocenters. The van der Waals surface area contributed by atoms with Crippen molar-refractivity contribution < 1.29 is 4.79 Å². The third-order valence-electron chi connectivity index (χ3n) is 7.88. The average Bonchev–Trinajstić information content (AvgIpc) is 3.71. The highest BCUT2D eigenvalue weighted by atomic mass is 16.2. The van der Waals surface area contributed by atoms with Crippen molar-refractivity contribution in [3.8, 4) is 22.5 Å². The number of carbonyl (C=O) groups is 1. The van der Waals surface area contributed by atoms with Gasteiger partial charge >= 0.3 is 0 Å². The second kappa shape index (κ2) is 8.92. The lowest BCUT2D eigenvalue weighted by molar-refractivity contribution is -0.117. The standard InChI is InChI=1S/C30H30N6O/c31-21-13-15-36(17-21)28-23-7-3-5-18-4-1-2-6-22(18)27(23)33-26-11-10-20(16-24(26)28)25-12-14-32-30(34-25)35-29(37)19-8-9-19/h1-2,4,6,10-12,14,16,19,21H,3,5,7-9,13,15,17,31H2,(H,32,34,35,37). The monoisotopic (exact) mass is 490 g/mol. The number of fused-ring (bicyclic) bond motifs is 4. The van der Waals surface area contributed by atoms with Crippen LogP contribution < -0.4 is 16.0 Å². The smallest absolute Gasteiger partial charge is 0.229 e. The zero-order valence-corrected chi connectivity index (χ0v) is 20.8. The zero-order chi connectivity index (χ0) is 24.9. The fourth-order valence-corrected chi connectivity index (χ4v) is 5.82. The fraction of sp³-hybridized carbons (Fsp3) is 0.333. The molecule has 37 heavy (non-hydrogen) atoms. The van der Waals surface area contributed by atoms with Gasteiger partial charge < -0.3 is 10.6 Å². The molecule has 4 aromatic rings. The third-order valence-corrected chi connectivity index (χ3v) is 7.88. The quantitative estimate of drug-likeness (QED) is 0.429. The highest BCUT2D eigenvalue weighted by Gasteiger charge is 2.30. The Morgan fingerprint density at radius 3 is 2.76 bits per heavy atom. The molecule has 3 heterocycles. The van der Waals surface area contributed by atoms with Gasteiger partial charge in [0.05, 0.1) is 22.6 Å². The predicted molar refractivity (Wildman–Crippen MR) is 146 cm³/mol. The molecule has 1 atom stereocenters. The molecule has 3 aliphatic rings. The molecule has 3 N–H and O–H groups in total. The van der Waals surface area contributed by atoms with Gasteiger partial charge in [-0.2, -0.15) is 0 Å². The molecular formula is C30H30N6O. The van der Waals surface area contributed by atoms with Crippen LogP contribution in [-0.4, -0.2) is 40.0 Å². The van der Waals surface area contributed by atoms with Crippen molar-refractivity contribution in [3.63, 3.8) is 0 Å². The van der Waals surface area contributed by atoms with E-state index in [1.54, 1.807) is 6.20 Å². The molecule has 1 aliphatic heterocycles. The van der Waals surface area contributed by atoms with E-state index in [4.69, 9.17) is 10.7 Å². The predicted octanol–water partition coefficient (Wildman–Crippen LogP) is 4.73. The molecule has 7 nitrogen and oxygen atoms in total. The Bertz CT molecular complexity index is 1530. The van der Waals surface area contributed by atoms with Gasteiger partial charge in [-0.3, -0.25) is 10.1 Å². The maximum Gasteiger partial charge on any atom is 0.229 e. The molecule has 0 bridgehead atoms. The number of pyridine rings is 1. The lowest BCUT2D eigenvalue weighted by Gasteiger charge is -2.26. The first kappa shape index (κ1) is 22.4. The molecule has 1 saturated carbocycles. The van der Waals surface area contributed by atoms with Crippen LogP contribution in [0.1, 0.15) is 36.8 Å². The second-order valence-electron chi connectivity index (χ2n) is 10.6. The summed E-state index contributed by atoms with van der Waals surface area (Å²) >= 11 is 0. The number of carbonyl (C=O) groups excluding carboxylic acids is 1. The van der Waals surface area contributed by atoms with Gasteiger partial charge in [0.2, 0.25) is 11.9 Å². The van der Waals surface area contributed by atoms with E-state index in [1.807, 2.05) is 6.07 Å². The molecule has 1 amide bonds. The number of aryl methyl sites for hydroxylation is 1. The SMILES string of the molecule is NC1CCN(c2c3c(nc4ccc(-c5ccnc(NC(=O)C6CC6)n5)cc24)-c2ccccc2CCC3)C1. The van der Waals surface area contributed by atoms with Gasteiger partial charge in [0.25, 0.3) is 0 Å². The molecule has 1 saturated heterocycles. The number of nitrogens with one attached hydrogen (secondary N) is 1. The summed E-state index contributed by atoms with van der Waals surface area (Å²) in [6.07, 6.45) is 7.74. The maximum absolute atomic E-state index is 12.3. The van der Waals surface area contributed by atoms with Crippen molar-refractivity contribution >= 4 is 28.4 Å². The topological polar surface area (TPSA) is 97.0 Å². The van der Waals surface area contributed by atoms with E-state index < -0.39 is 0 Å². The van der Waals surface area contributed by atoms with Crippen LogP contribution in [0.4, 0.5) is 11.6 Å². The van der Waals surface area contributed by atoms with Crippen molar-refractivity contribution in [2.24, 2.45) is 11.7 Å². The molecule has 2 aliphatic carbocycles. The molecule has 7 rings (SSSR count). The largest absolute Gasteiger partial charge is 0.369 e. The lowest BCUT2D eigenvalue weighted by atomic mass is 9.96. The van der Waals surface area contributed by atoms with Crippen LogP contribution in [-0.2, 0) is 17.6 Å². The number of amides is 1. The minimum Gasteiger partial charge on any atom is -0.369 e. The average molecular weight is 491 g/mol. The Kier molecular flexibility index (Phi) is 5.39. The van der Waals surface area contributed by atoms with E-state index in [-0.39, 0.29) is 17.9 Å². The number of anilines is 2. The van der Waals surface area contributed by atoms with Gasteiger partial charge in [-0.05, 0) is 62.3 Å². The first-order valence-electron chi connectivity index (χ1n) is 13.3. The minimum atomic E-state index is 0.00972. The van der Waals surface area contributed by atoms with E-state index in [2.05, 4.69) is 62.6 Å². The summed E-state index contributed by atoms with van der Waals surface area (Å²) in [6, 6.07) is 17.1. The molecule has 2 aromatic carbocycles. The number of nitrogens with two attached hydrogens (primary N) is 1. The molecule has 0 spiro atoms. The van der Waals surface area contributed by atoms with E-state index >= 15 is 0 Å². The van der Waals surface area contributed by atoms with Gasteiger partial charge in [-0.25, -0.2) is 15.0 Å². The van der Waals surface area contributed by atoms with Gasteiger partial charge in [-0.15, -0.1) is 0 Å². The van der Waals surface area contributed by atoms with Gasteiger partial charge in [0.15, 0.2) is 0 Å². The van der Waals surface area contributed by atoms with E-state index in [1.165, 1.54) is 22.4 Å². The Hall–Kier alpha value is -3.84. The van der Waals surface area contributed by atoms with Crippen molar-refractivity contribution in [2.75, 3.05) is 23.3 Å². The highest BCUT2D eigenvalue weighted by molar-refractivity contribution is 5.99. The van der Waals surface area contributed by atoms with Crippen LogP contribution in [0.3, 0.4) is 0 Å². The number of aromatic nitrogens is 3. The highest BCUT2D eigenvalue weighted by Crippen LogP contribution is 2.42. The molecular weight excluding hydrogens is 460 g/mol. The van der Waals surface area contributed by atoms with Gasteiger partial charge in [0.1, 0.15) is 0 Å². The van der Waals surface area contributed by atoms with E-state index in [9.17, 15) is 4.79 Å². The van der Waals surface area contributed by atoms with Crippen molar-refractivity contribution in [1.82, 2.24) is 15.0 Å². The summed E-state index contributed by atoms with van der Waals surface area (Å²) in [5.41, 5.74) is 15.4. The summed E-state index contributed by atoms with van der Waals surface area (Å²) in [6.45, 7) is 1.80. The van der Waals surface area contributed by atoms with E-state index in [0.717, 1.165) is 79.5 Å². The van der Waals surface area contributed by atoms with Crippen LogP contribution in [0.25, 0.3) is 33.4 Å². The summed E-state index contributed by atoms with van der Waals surface area (Å²) in [5.74, 6) is 0.473. The van der Waals surface area contributed by atoms with Crippen LogP contribution in [0.5, 0.6) is 0 Å². The first-order chi connectivity index (χ1) is 18.1. The Morgan fingerprint density at radius 1 is 1.03 bits per heavy atom. The number of hydrogen-bond acceptors (Lipinski definition) is 6. The van der Waals surface area contributed by atoms with Crippen molar-refractivity contribution in [3.05, 3.63) is 65.9 Å². The van der Waals surface area contributed by atoms with Gasteiger partial charge in [0, 0.05) is 53.3 Å². The molecule has 2 fully saturated rings. The summed E-state index contributed by atoms with van der Waals surface area (Å²) < 4.78 is 0. The molecule has 0 radical (unpaired) electrons. The summed E-state index contributed by atoms with van der Waals surface area (Å²) in [7, 11) is 0. The normalized spacial score (nSPS) is 18.8. The molecule has 7 heteroatoms. The Balaban J connectivity index is 1.38. The Morgan fingerprint density at radius 2 is 1.92 bits per heavy atom. The molecule has 2 aromatic heterocycles. The third kappa shape index (κ3) is 4.13. The van der Waals surface area contributed by atoms with Crippen molar-refractivity contribution in [2.45, 2.75) is 44.6 Å². The zero-order valence-electron chi connectivity index (χ0n) is 20.8. The maximum atomic E-state index is 12.3. The van der Waals surface area contributed by atoms with Crippen LogP contribution in [0, 0.1) is 5.92 Å². The van der Waals surface area contributed by atoms with Crippen LogP contribution >= 0.6 is 0 Å². The van der Waals surface area contributed by atoms with Crippen molar-refractivity contribution in [1.29, 1.82) is 0 Å². The summed E-state index contributed by atoms with van der Waals surface area (Å²) in [4.78, 5) is 28.9. The number of hydrogen-bond donors (Lipinski definition) is 2. The van der Waals surface area contributed by atoms with Crippen LogP contribution in [0.15, 0.2) is 54.7 Å². The fourth-order valence-electron chi connectivity index (χ4n) is 5.82. The second-order valence-corrected chi connectivity index (χ2v) is 10.6. The van der Waals surface area contributed by atoms with Crippen LogP contribution in [0.2, 0.25) is 0 Å². The summed E-state index contributed by atoms with van der Waals surface area (Å²) in [5, 5.41) is 4.01.